The molecule has 9 aromatic carbocycles. The molecule has 0 aliphatic carbocycles. The molecule has 0 amide bonds. The standard InChI is InChI=1S/C51H33N3/c1-3-14-38(15-4-1)49-52-50(39-16-5-2-6-17-39)54-51(53-49)40-30-28-37(29-31-40)48-45-21-11-9-19-43(45)47(44-20-10-12-22-46(44)48)36-26-23-35(24-27-36)42-32-25-34-13-7-8-18-41(34)33-42/h1-33H. The van der Waals surface area contributed by atoms with E-state index in [0.717, 1.165) is 22.3 Å². The van der Waals surface area contributed by atoms with Crippen molar-refractivity contribution in [3.63, 3.8) is 0 Å². The highest BCUT2D eigenvalue weighted by atomic mass is 15.0. The SMILES string of the molecule is c1ccc(-c2nc(-c3ccccc3)nc(-c3ccc(-c4c5ccccc5c(-c5ccc(-c6ccc7ccccc7c6)cc5)c5ccccc45)cc3)n2)cc1. The van der Waals surface area contributed by atoms with Crippen LogP contribution in [-0.2, 0) is 0 Å². The summed E-state index contributed by atoms with van der Waals surface area (Å²) in [5, 5.41) is 7.40. The second kappa shape index (κ2) is 13.4. The van der Waals surface area contributed by atoms with Crippen molar-refractivity contribution in [1.82, 2.24) is 15.0 Å². The van der Waals surface area contributed by atoms with Crippen molar-refractivity contribution in [1.29, 1.82) is 0 Å². The first-order valence-electron chi connectivity index (χ1n) is 18.3. The molecule has 0 atom stereocenters. The summed E-state index contributed by atoms with van der Waals surface area (Å²) in [7, 11) is 0. The van der Waals surface area contributed by atoms with E-state index in [4.69, 9.17) is 15.0 Å². The zero-order valence-electron chi connectivity index (χ0n) is 29.4. The minimum absolute atomic E-state index is 0.645. The first kappa shape index (κ1) is 31.5. The quantitative estimate of drug-likeness (QED) is 0.163. The molecule has 0 aliphatic heterocycles. The summed E-state index contributed by atoms with van der Waals surface area (Å²) in [4.78, 5) is 14.8. The van der Waals surface area contributed by atoms with Gasteiger partial charge in [-0.1, -0.05) is 194 Å². The Morgan fingerprint density at radius 2 is 0.556 bits per heavy atom. The lowest BCUT2D eigenvalue weighted by Gasteiger charge is -2.18. The van der Waals surface area contributed by atoms with Crippen molar-refractivity contribution in [3.05, 3.63) is 200 Å². The minimum Gasteiger partial charge on any atom is -0.208 e. The average Bonchev–Trinajstić information content (AvgIpc) is 3.26. The van der Waals surface area contributed by atoms with E-state index >= 15 is 0 Å². The minimum atomic E-state index is 0.645. The van der Waals surface area contributed by atoms with Crippen molar-refractivity contribution in [2.45, 2.75) is 0 Å². The second-order valence-electron chi connectivity index (χ2n) is 13.6. The molecule has 3 nitrogen and oxygen atoms in total. The summed E-state index contributed by atoms with van der Waals surface area (Å²) >= 11 is 0. The Bertz CT molecular complexity index is 2840. The molecule has 0 aliphatic rings. The van der Waals surface area contributed by atoms with Gasteiger partial charge in [-0.25, -0.2) is 15.0 Å². The Morgan fingerprint density at radius 1 is 0.222 bits per heavy atom. The van der Waals surface area contributed by atoms with E-state index in [1.807, 2.05) is 60.7 Å². The van der Waals surface area contributed by atoms with Crippen LogP contribution in [0.4, 0.5) is 0 Å². The maximum Gasteiger partial charge on any atom is 0.164 e. The first-order valence-corrected chi connectivity index (χ1v) is 18.3. The number of fused-ring (bicyclic) bond motifs is 3. The van der Waals surface area contributed by atoms with Gasteiger partial charge in [0.15, 0.2) is 17.5 Å². The van der Waals surface area contributed by atoms with Crippen LogP contribution in [0, 0.1) is 0 Å². The molecular formula is C51H33N3. The van der Waals surface area contributed by atoms with E-state index in [-0.39, 0.29) is 0 Å². The Balaban J connectivity index is 1.07. The van der Waals surface area contributed by atoms with Gasteiger partial charge in [0.1, 0.15) is 0 Å². The fourth-order valence-corrected chi connectivity index (χ4v) is 7.67. The van der Waals surface area contributed by atoms with E-state index < -0.39 is 0 Å². The van der Waals surface area contributed by atoms with Crippen LogP contribution in [0.25, 0.3) is 99.9 Å². The maximum absolute atomic E-state index is 4.96. The topological polar surface area (TPSA) is 38.7 Å². The third-order valence-corrected chi connectivity index (χ3v) is 10.3. The molecule has 10 rings (SSSR count). The molecule has 1 heterocycles. The predicted octanol–water partition coefficient (Wildman–Crippen LogP) is 13.3. The Hall–Kier alpha value is -7.23. The maximum atomic E-state index is 4.96. The van der Waals surface area contributed by atoms with Crippen LogP contribution in [-0.4, -0.2) is 15.0 Å². The van der Waals surface area contributed by atoms with Gasteiger partial charge >= 0.3 is 0 Å². The molecule has 0 saturated carbocycles. The third kappa shape index (κ3) is 5.69. The molecule has 0 bridgehead atoms. The van der Waals surface area contributed by atoms with Gasteiger partial charge in [0.25, 0.3) is 0 Å². The molecule has 0 fully saturated rings. The summed E-state index contributed by atoms with van der Waals surface area (Å²) in [6.45, 7) is 0. The molecule has 0 N–H and O–H groups in total. The van der Waals surface area contributed by atoms with E-state index in [1.165, 1.54) is 60.1 Å². The second-order valence-corrected chi connectivity index (χ2v) is 13.6. The number of hydrogen-bond donors (Lipinski definition) is 0. The van der Waals surface area contributed by atoms with Crippen molar-refractivity contribution in [2.24, 2.45) is 0 Å². The van der Waals surface area contributed by atoms with E-state index in [2.05, 4.69) is 140 Å². The molecule has 0 radical (unpaired) electrons. The van der Waals surface area contributed by atoms with Crippen LogP contribution in [0.3, 0.4) is 0 Å². The molecule has 1 aromatic heterocycles. The predicted molar refractivity (Wildman–Crippen MR) is 225 cm³/mol. The Morgan fingerprint density at radius 3 is 1.02 bits per heavy atom. The summed E-state index contributed by atoms with van der Waals surface area (Å²) in [5.41, 5.74) is 10.1. The average molecular weight is 688 g/mol. The third-order valence-electron chi connectivity index (χ3n) is 10.3. The fourth-order valence-electron chi connectivity index (χ4n) is 7.67. The van der Waals surface area contributed by atoms with Crippen LogP contribution < -0.4 is 0 Å². The molecule has 54 heavy (non-hydrogen) atoms. The molecule has 0 unspecified atom stereocenters. The summed E-state index contributed by atoms with van der Waals surface area (Å²) in [6.07, 6.45) is 0. The number of benzene rings is 9. The van der Waals surface area contributed by atoms with Crippen LogP contribution in [0.15, 0.2) is 200 Å². The lowest BCUT2D eigenvalue weighted by molar-refractivity contribution is 1.07. The lowest BCUT2D eigenvalue weighted by Crippen LogP contribution is -2.00. The van der Waals surface area contributed by atoms with Gasteiger partial charge in [-0.3, -0.25) is 0 Å². The number of hydrogen-bond acceptors (Lipinski definition) is 3. The van der Waals surface area contributed by atoms with Crippen LogP contribution >= 0.6 is 0 Å². The molecule has 0 spiro atoms. The highest BCUT2D eigenvalue weighted by molar-refractivity contribution is 6.21. The zero-order chi connectivity index (χ0) is 35.8. The van der Waals surface area contributed by atoms with Gasteiger partial charge in [0.2, 0.25) is 0 Å². The number of nitrogens with zero attached hydrogens (tertiary/aromatic N) is 3. The van der Waals surface area contributed by atoms with Crippen LogP contribution in [0.1, 0.15) is 0 Å². The number of rotatable bonds is 6. The lowest BCUT2D eigenvalue weighted by atomic mass is 9.85. The van der Waals surface area contributed by atoms with Gasteiger partial charge in [0, 0.05) is 16.7 Å². The van der Waals surface area contributed by atoms with Gasteiger partial charge in [-0.2, -0.15) is 0 Å². The molecule has 3 heteroatoms. The number of aromatic nitrogens is 3. The van der Waals surface area contributed by atoms with Crippen molar-refractivity contribution in [2.75, 3.05) is 0 Å². The fraction of sp³-hybridized carbons (Fsp3) is 0. The summed E-state index contributed by atoms with van der Waals surface area (Å²) < 4.78 is 0. The molecule has 252 valence electrons. The van der Waals surface area contributed by atoms with Crippen molar-refractivity contribution in [3.8, 4) is 67.5 Å². The molecule has 0 saturated heterocycles. The first-order chi connectivity index (χ1) is 26.8. The summed E-state index contributed by atoms with van der Waals surface area (Å²) in [5.74, 6) is 1.95. The van der Waals surface area contributed by atoms with Crippen molar-refractivity contribution >= 4 is 32.3 Å². The van der Waals surface area contributed by atoms with Gasteiger partial charge < -0.3 is 0 Å². The summed E-state index contributed by atoms with van der Waals surface area (Å²) in [6, 6.07) is 70.8. The van der Waals surface area contributed by atoms with Crippen molar-refractivity contribution < 1.29 is 0 Å². The highest BCUT2D eigenvalue weighted by Gasteiger charge is 2.18. The van der Waals surface area contributed by atoms with E-state index in [9.17, 15) is 0 Å². The van der Waals surface area contributed by atoms with Crippen LogP contribution in [0.5, 0.6) is 0 Å². The highest BCUT2D eigenvalue weighted by Crippen LogP contribution is 2.44. The Kier molecular flexibility index (Phi) is 7.81. The largest absolute Gasteiger partial charge is 0.208 e. The van der Waals surface area contributed by atoms with E-state index in [1.54, 1.807) is 0 Å². The molecule has 10 aromatic rings. The smallest absolute Gasteiger partial charge is 0.164 e. The van der Waals surface area contributed by atoms with Gasteiger partial charge in [0.05, 0.1) is 0 Å². The van der Waals surface area contributed by atoms with Crippen LogP contribution in [0.2, 0.25) is 0 Å². The Labute approximate surface area is 313 Å². The normalized spacial score (nSPS) is 11.3. The van der Waals surface area contributed by atoms with Gasteiger partial charge in [-0.15, -0.1) is 0 Å². The van der Waals surface area contributed by atoms with E-state index in [0.29, 0.717) is 17.5 Å². The zero-order valence-corrected chi connectivity index (χ0v) is 29.4. The molecular weight excluding hydrogens is 655 g/mol. The monoisotopic (exact) mass is 687 g/mol. The van der Waals surface area contributed by atoms with Gasteiger partial charge in [-0.05, 0) is 71.8 Å².